The van der Waals surface area contributed by atoms with Gasteiger partial charge in [0.05, 0.1) is 12.2 Å². The summed E-state index contributed by atoms with van der Waals surface area (Å²) in [5.41, 5.74) is -0.835. The van der Waals surface area contributed by atoms with E-state index in [0.29, 0.717) is 19.7 Å². The maximum Gasteiger partial charge on any atom is 0.326 e. The van der Waals surface area contributed by atoms with Crippen molar-refractivity contribution in [2.24, 2.45) is 0 Å². The Balaban J connectivity index is 2.53. The van der Waals surface area contributed by atoms with E-state index in [-0.39, 0.29) is 24.0 Å². The van der Waals surface area contributed by atoms with Crippen LogP contribution in [0.1, 0.15) is 41.5 Å². The van der Waals surface area contributed by atoms with Crippen molar-refractivity contribution < 1.29 is 19.1 Å². The first-order chi connectivity index (χ1) is 9.48. The Hall–Kier alpha value is -1.14. The lowest BCUT2D eigenvalue weighted by Crippen LogP contribution is -2.58. The molecule has 0 spiro atoms. The van der Waals surface area contributed by atoms with Gasteiger partial charge in [-0.2, -0.15) is 0 Å². The van der Waals surface area contributed by atoms with Crippen LogP contribution in [0.4, 0.5) is 0 Å². The zero-order valence-electron chi connectivity index (χ0n) is 14.0. The maximum atomic E-state index is 12.3. The number of ether oxygens (including phenoxy) is 2. The van der Waals surface area contributed by atoms with Gasteiger partial charge in [-0.25, -0.2) is 0 Å². The summed E-state index contributed by atoms with van der Waals surface area (Å²) >= 11 is 0. The highest BCUT2D eigenvalue weighted by Gasteiger charge is 2.31. The van der Waals surface area contributed by atoms with Gasteiger partial charge in [-0.15, -0.1) is 0 Å². The molecule has 0 unspecified atom stereocenters. The van der Waals surface area contributed by atoms with Crippen LogP contribution in [-0.4, -0.2) is 60.3 Å². The summed E-state index contributed by atoms with van der Waals surface area (Å²) in [6.07, 6.45) is 0. The summed E-state index contributed by atoms with van der Waals surface area (Å²) in [7, 11) is 0. The van der Waals surface area contributed by atoms with E-state index in [2.05, 4.69) is 5.32 Å². The lowest BCUT2D eigenvalue weighted by atomic mass is 10.1. The highest BCUT2D eigenvalue weighted by molar-refractivity contribution is 5.86. The van der Waals surface area contributed by atoms with Crippen molar-refractivity contribution in [3.05, 3.63) is 0 Å². The molecule has 0 radical (unpaired) electrons. The van der Waals surface area contributed by atoms with E-state index in [4.69, 9.17) is 9.47 Å². The van der Waals surface area contributed by atoms with Crippen LogP contribution < -0.4 is 5.32 Å². The van der Waals surface area contributed by atoms with Crippen LogP contribution in [0.25, 0.3) is 0 Å². The average Bonchev–Trinajstić information content (AvgIpc) is 2.26. The Kier molecular flexibility index (Phi) is 5.75. The van der Waals surface area contributed by atoms with Crippen LogP contribution >= 0.6 is 0 Å². The van der Waals surface area contributed by atoms with Crippen LogP contribution in [-0.2, 0) is 19.1 Å². The number of nitrogens with zero attached hydrogens (tertiary/aromatic N) is 1. The molecular formula is C15H28N2O4. The van der Waals surface area contributed by atoms with Crippen LogP contribution in [0, 0.1) is 0 Å². The molecule has 0 aromatic heterocycles. The lowest BCUT2D eigenvalue weighted by molar-refractivity contribution is -0.160. The molecule has 1 heterocycles. The number of nitrogens with one attached hydrogen (secondary N) is 1. The molecule has 0 aromatic carbocycles. The van der Waals surface area contributed by atoms with Crippen LogP contribution in [0.15, 0.2) is 0 Å². The summed E-state index contributed by atoms with van der Waals surface area (Å²) in [6, 6.07) is -0.402. The van der Waals surface area contributed by atoms with Crippen LogP contribution in [0.2, 0.25) is 0 Å². The highest BCUT2D eigenvalue weighted by atomic mass is 16.6. The molecule has 0 aliphatic carbocycles. The molecule has 1 fully saturated rings. The van der Waals surface area contributed by atoms with E-state index in [9.17, 15) is 9.59 Å². The predicted molar refractivity (Wildman–Crippen MR) is 79.9 cm³/mol. The molecule has 1 aliphatic rings. The Morgan fingerprint density at radius 1 is 1.24 bits per heavy atom. The lowest BCUT2D eigenvalue weighted by Gasteiger charge is -2.34. The van der Waals surface area contributed by atoms with Gasteiger partial charge in [-0.3, -0.25) is 9.59 Å². The first kappa shape index (κ1) is 17.9. The number of hydrogen-bond donors (Lipinski definition) is 1. The zero-order chi connectivity index (χ0) is 16.3. The quantitative estimate of drug-likeness (QED) is 0.783. The third kappa shape index (κ3) is 6.91. The van der Waals surface area contributed by atoms with Gasteiger partial charge in [0.25, 0.3) is 0 Å². The topological polar surface area (TPSA) is 67.9 Å². The molecule has 0 saturated carbocycles. The van der Waals surface area contributed by atoms with Gasteiger partial charge < -0.3 is 19.7 Å². The molecule has 1 aliphatic heterocycles. The van der Waals surface area contributed by atoms with Crippen molar-refractivity contribution in [1.82, 2.24) is 10.2 Å². The third-order valence-electron chi connectivity index (χ3n) is 2.81. The number of piperazine rings is 1. The smallest absolute Gasteiger partial charge is 0.326 e. The van der Waals surface area contributed by atoms with Crippen molar-refractivity contribution in [2.75, 3.05) is 26.2 Å². The van der Waals surface area contributed by atoms with Gasteiger partial charge in [0.2, 0.25) is 5.91 Å². The predicted octanol–water partition coefficient (Wildman–Crippen LogP) is 0.944. The fourth-order valence-electron chi connectivity index (χ4n) is 1.94. The molecule has 122 valence electrons. The molecule has 0 aromatic rings. The molecule has 6 heteroatoms. The molecule has 0 bridgehead atoms. The van der Waals surface area contributed by atoms with E-state index in [1.165, 1.54) is 4.90 Å². The van der Waals surface area contributed by atoms with E-state index in [0.717, 1.165) is 0 Å². The minimum Gasteiger partial charge on any atom is -0.459 e. The first-order valence-electron chi connectivity index (χ1n) is 7.36. The minimum atomic E-state index is -0.539. The highest BCUT2D eigenvalue weighted by Crippen LogP contribution is 2.11. The van der Waals surface area contributed by atoms with E-state index in [1.54, 1.807) is 0 Å². The molecule has 1 atom stereocenters. The maximum absolute atomic E-state index is 12.3. The van der Waals surface area contributed by atoms with Crippen LogP contribution in [0.3, 0.4) is 0 Å². The number of hydrogen-bond acceptors (Lipinski definition) is 5. The molecule has 6 nitrogen and oxygen atoms in total. The van der Waals surface area contributed by atoms with E-state index in [1.807, 2.05) is 41.5 Å². The van der Waals surface area contributed by atoms with Crippen molar-refractivity contribution in [2.45, 2.75) is 58.8 Å². The summed E-state index contributed by atoms with van der Waals surface area (Å²) < 4.78 is 10.9. The molecule has 1 N–H and O–H groups in total. The van der Waals surface area contributed by atoms with Gasteiger partial charge in [-0.1, -0.05) is 0 Å². The largest absolute Gasteiger partial charge is 0.459 e. The number of amides is 1. The van der Waals surface area contributed by atoms with Crippen molar-refractivity contribution in [1.29, 1.82) is 0 Å². The summed E-state index contributed by atoms with van der Waals surface area (Å²) in [5, 5.41) is 3.12. The zero-order valence-corrected chi connectivity index (χ0v) is 14.0. The Morgan fingerprint density at radius 3 is 2.38 bits per heavy atom. The molecule has 1 saturated heterocycles. The Bertz CT molecular complexity index is 382. The van der Waals surface area contributed by atoms with E-state index >= 15 is 0 Å². The minimum absolute atomic E-state index is 0.0101. The fourth-order valence-corrected chi connectivity index (χ4v) is 1.94. The summed E-state index contributed by atoms with van der Waals surface area (Å²) in [4.78, 5) is 25.7. The Labute approximate surface area is 127 Å². The summed E-state index contributed by atoms with van der Waals surface area (Å²) in [6.45, 7) is 12.7. The number of carbonyl (C=O) groups excluding carboxylic acids is 2. The number of esters is 1. The van der Waals surface area contributed by atoms with Crippen molar-refractivity contribution in [3.8, 4) is 0 Å². The van der Waals surface area contributed by atoms with Crippen molar-refractivity contribution in [3.63, 3.8) is 0 Å². The number of rotatable bonds is 4. The van der Waals surface area contributed by atoms with Crippen molar-refractivity contribution >= 4 is 11.9 Å². The summed E-state index contributed by atoms with van der Waals surface area (Å²) in [5.74, 6) is -0.496. The van der Waals surface area contributed by atoms with Gasteiger partial charge in [0.15, 0.2) is 0 Å². The second-order valence-corrected chi connectivity index (χ2v) is 7.28. The van der Waals surface area contributed by atoms with Gasteiger partial charge in [0.1, 0.15) is 18.2 Å². The molecule has 1 rings (SSSR count). The third-order valence-corrected chi connectivity index (χ3v) is 2.81. The van der Waals surface area contributed by atoms with Gasteiger partial charge >= 0.3 is 5.97 Å². The standard InChI is InChI=1S/C15H28N2O4/c1-14(2,3)20-10-11-13(19)17(8-7-16-11)9-12(18)21-15(4,5)6/h11,16H,7-10H2,1-6H3/t11-/m0/s1. The van der Waals surface area contributed by atoms with Gasteiger partial charge in [-0.05, 0) is 41.5 Å². The molecule has 21 heavy (non-hydrogen) atoms. The SMILES string of the molecule is CC(C)(C)OC[C@@H]1NCCN(CC(=O)OC(C)(C)C)C1=O. The van der Waals surface area contributed by atoms with Crippen LogP contribution in [0.5, 0.6) is 0 Å². The fraction of sp³-hybridized carbons (Fsp3) is 0.867. The number of carbonyl (C=O) groups is 2. The van der Waals surface area contributed by atoms with Gasteiger partial charge in [0, 0.05) is 13.1 Å². The first-order valence-corrected chi connectivity index (χ1v) is 7.36. The molecular weight excluding hydrogens is 272 g/mol. The monoisotopic (exact) mass is 300 g/mol. The van der Waals surface area contributed by atoms with E-state index < -0.39 is 11.6 Å². The molecule has 1 amide bonds. The Morgan fingerprint density at radius 2 is 1.86 bits per heavy atom. The second-order valence-electron chi connectivity index (χ2n) is 7.28. The normalized spacial score (nSPS) is 20.6. The average molecular weight is 300 g/mol. The second kappa shape index (κ2) is 6.75.